The number of nitrogens with zero attached hydrogens (tertiary/aromatic N) is 1. The van der Waals surface area contributed by atoms with Gasteiger partial charge >= 0.3 is 5.97 Å². The van der Waals surface area contributed by atoms with E-state index in [1.807, 2.05) is 21.1 Å². The second kappa shape index (κ2) is 50.3. The molecule has 0 saturated heterocycles. The number of ether oxygens (including phenoxy) is 2. The monoisotopic (exact) mass is 960 g/mol. The number of carbonyl (C=O) groups excluding carboxylic acids is 1. The van der Waals surface area contributed by atoms with E-state index in [2.05, 4.69) is 86.8 Å². The van der Waals surface area contributed by atoms with Gasteiger partial charge in [-0.25, -0.2) is 0 Å². The van der Waals surface area contributed by atoms with E-state index in [1.54, 1.807) is 0 Å². The molecule has 2 unspecified atom stereocenters. The highest BCUT2D eigenvalue weighted by atomic mass is 31.2. The summed E-state index contributed by atoms with van der Waals surface area (Å²) < 4.78 is 34.8. The van der Waals surface area contributed by atoms with E-state index in [-0.39, 0.29) is 25.8 Å². The highest BCUT2D eigenvalue weighted by Gasteiger charge is 2.20. The maximum atomic E-state index is 12.8. The predicted molar refractivity (Wildman–Crippen MR) is 286 cm³/mol. The minimum Gasteiger partial charge on any atom is -0.756 e. The van der Waals surface area contributed by atoms with Gasteiger partial charge in [0.2, 0.25) is 0 Å². The van der Waals surface area contributed by atoms with Crippen LogP contribution in [0.4, 0.5) is 0 Å². The average Bonchev–Trinajstić information content (AvgIpc) is 3.29. The van der Waals surface area contributed by atoms with Crippen LogP contribution in [0, 0.1) is 0 Å². The first kappa shape index (κ1) is 64.9. The Bertz CT molecular complexity index is 1300. The molecule has 0 N–H and O–H groups in total. The van der Waals surface area contributed by atoms with Crippen LogP contribution in [0.3, 0.4) is 0 Å². The molecule has 390 valence electrons. The van der Waals surface area contributed by atoms with Crippen molar-refractivity contribution in [2.75, 3.05) is 54.1 Å². The van der Waals surface area contributed by atoms with Gasteiger partial charge in [-0.05, 0) is 64.2 Å². The molecule has 0 spiro atoms. The Hall–Kier alpha value is -2.06. The summed E-state index contributed by atoms with van der Waals surface area (Å²) in [4.78, 5) is 25.2. The van der Waals surface area contributed by atoms with Crippen LogP contribution < -0.4 is 4.89 Å². The van der Waals surface area contributed by atoms with Gasteiger partial charge in [-0.15, -0.1) is 0 Å². The third kappa shape index (κ3) is 54.7. The first-order valence-corrected chi connectivity index (χ1v) is 29.1. The summed E-state index contributed by atoms with van der Waals surface area (Å²) in [6, 6.07) is 0. The van der Waals surface area contributed by atoms with Crippen molar-refractivity contribution in [3.05, 3.63) is 72.9 Å². The molecule has 8 nitrogen and oxygen atoms in total. The smallest absolute Gasteiger partial charge is 0.306 e. The fraction of sp³-hybridized carbons (Fsp3) is 0.776. The molecule has 0 bridgehead atoms. The molecule has 0 aliphatic rings. The van der Waals surface area contributed by atoms with Crippen molar-refractivity contribution in [2.45, 2.75) is 238 Å². The minimum absolute atomic E-state index is 0.0219. The molecule has 9 heteroatoms. The van der Waals surface area contributed by atoms with Gasteiger partial charge in [0.05, 0.1) is 34.4 Å². The van der Waals surface area contributed by atoms with Crippen molar-refractivity contribution >= 4 is 13.8 Å². The van der Waals surface area contributed by atoms with Crippen molar-refractivity contribution in [1.82, 2.24) is 0 Å². The van der Waals surface area contributed by atoms with E-state index < -0.39 is 13.9 Å². The highest BCUT2D eigenvalue weighted by Crippen LogP contribution is 2.38. The van der Waals surface area contributed by atoms with Crippen LogP contribution in [0.2, 0.25) is 0 Å². The third-order valence-electron chi connectivity index (χ3n) is 11.8. The largest absolute Gasteiger partial charge is 0.756 e. The number of carbonyl (C=O) groups is 1. The number of unbranched alkanes of at least 4 members (excludes halogenated alkanes) is 25. The summed E-state index contributed by atoms with van der Waals surface area (Å²) in [6.07, 6.45) is 66.5. The fourth-order valence-corrected chi connectivity index (χ4v) is 8.28. The summed E-state index contributed by atoms with van der Waals surface area (Å²) in [5.41, 5.74) is 0. The van der Waals surface area contributed by atoms with Crippen LogP contribution >= 0.6 is 7.82 Å². The van der Waals surface area contributed by atoms with Crippen LogP contribution in [-0.4, -0.2) is 70.7 Å². The first-order chi connectivity index (χ1) is 32.6. The van der Waals surface area contributed by atoms with Crippen molar-refractivity contribution < 1.29 is 37.3 Å². The molecule has 0 heterocycles. The molecule has 0 radical (unpaired) electrons. The summed E-state index contributed by atoms with van der Waals surface area (Å²) in [5, 5.41) is 0. The van der Waals surface area contributed by atoms with Gasteiger partial charge in [-0.3, -0.25) is 9.36 Å². The van der Waals surface area contributed by atoms with E-state index >= 15 is 0 Å². The summed E-state index contributed by atoms with van der Waals surface area (Å²) in [7, 11) is 1.35. The number of allylic oxidation sites excluding steroid dienone is 12. The number of quaternary nitrogens is 1. The van der Waals surface area contributed by atoms with Gasteiger partial charge in [-0.2, -0.15) is 0 Å². The lowest BCUT2D eigenvalue weighted by atomic mass is 10.0. The lowest BCUT2D eigenvalue weighted by molar-refractivity contribution is -0.870. The number of phosphoric acid groups is 1. The molecule has 0 fully saturated rings. The van der Waals surface area contributed by atoms with Gasteiger partial charge in [0.25, 0.3) is 7.82 Å². The number of rotatable bonds is 51. The lowest BCUT2D eigenvalue weighted by Gasteiger charge is -2.28. The Balaban J connectivity index is 4.13. The predicted octanol–water partition coefficient (Wildman–Crippen LogP) is 16.8. The van der Waals surface area contributed by atoms with Gasteiger partial charge in [0, 0.05) is 13.0 Å². The molecule has 0 aliphatic carbocycles. The van der Waals surface area contributed by atoms with Gasteiger partial charge in [0.15, 0.2) is 0 Å². The Morgan fingerprint density at radius 3 is 1.30 bits per heavy atom. The fourth-order valence-electron chi connectivity index (χ4n) is 7.55. The lowest BCUT2D eigenvalue weighted by Crippen LogP contribution is -2.37. The van der Waals surface area contributed by atoms with E-state index in [0.717, 1.165) is 83.5 Å². The van der Waals surface area contributed by atoms with Crippen molar-refractivity contribution in [3.8, 4) is 0 Å². The number of phosphoric ester groups is 1. The molecule has 2 atom stereocenters. The van der Waals surface area contributed by atoms with Gasteiger partial charge in [0.1, 0.15) is 19.3 Å². The van der Waals surface area contributed by atoms with Crippen LogP contribution in [0.1, 0.15) is 232 Å². The molecule has 0 amide bonds. The Morgan fingerprint density at radius 2 is 0.866 bits per heavy atom. The molecule has 0 aromatic heterocycles. The Labute approximate surface area is 414 Å². The highest BCUT2D eigenvalue weighted by molar-refractivity contribution is 7.45. The zero-order chi connectivity index (χ0) is 49.0. The van der Waals surface area contributed by atoms with Crippen LogP contribution in [-0.2, 0) is 27.9 Å². The number of likely N-dealkylation sites (N-methyl/N-ethyl adjacent to an activating group) is 1. The summed E-state index contributed by atoms with van der Waals surface area (Å²) >= 11 is 0. The maximum absolute atomic E-state index is 12.8. The van der Waals surface area contributed by atoms with Crippen molar-refractivity contribution in [1.29, 1.82) is 0 Å². The molecular weight excluding hydrogens is 854 g/mol. The molecule has 0 aromatic carbocycles. The van der Waals surface area contributed by atoms with E-state index in [1.165, 1.54) is 128 Å². The van der Waals surface area contributed by atoms with Crippen LogP contribution in [0.25, 0.3) is 0 Å². The number of esters is 1. The SMILES string of the molecule is CC/C=C\C/C=C\C/C=C\C/C=C\C/C=C\C/C=C\CCCCCCCCCOCC(COP(=O)([O-])OCC[N+](C)(C)C)OC(=O)CCCCCCCCCCCCCCCCCCCCC. The average molecular weight is 960 g/mol. The van der Waals surface area contributed by atoms with Crippen molar-refractivity contribution in [3.63, 3.8) is 0 Å². The van der Waals surface area contributed by atoms with E-state index in [0.29, 0.717) is 24.1 Å². The minimum atomic E-state index is -4.54. The molecule has 0 aliphatic heterocycles. The Morgan fingerprint density at radius 1 is 0.478 bits per heavy atom. The van der Waals surface area contributed by atoms with Crippen LogP contribution in [0.5, 0.6) is 0 Å². The number of hydrogen-bond acceptors (Lipinski definition) is 7. The molecular formula is C58H106NO7P. The second-order valence-electron chi connectivity index (χ2n) is 19.6. The quantitative estimate of drug-likeness (QED) is 0.0197. The normalized spacial score (nSPS) is 14.1. The standard InChI is InChI=1S/C58H106NO7P/c1-6-8-10-12-14-16-18-20-22-24-26-27-28-29-30-31-32-34-36-38-40-42-44-46-48-50-53-63-55-57(56-65-67(61,62)64-54-52-59(3,4)5)66-58(60)51-49-47-45-43-41-39-37-35-33-25-23-21-19-17-15-13-11-9-7-2/h8,10,14,16,20,22,26-27,29-30,32,34,57H,6-7,9,11-13,15,17-19,21,23-25,28,31,33,35-56H2,1-5H3/b10-8-,16-14-,22-20-,27-26-,30-29-,34-32-. The second-order valence-corrected chi connectivity index (χ2v) is 21.0. The zero-order valence-corrected chi connectivity index (χ0v) is 45.2. The van der Waals surface area contributed by atoms with Crippen molar-refractivity contribution in [2.24, 2.45) is 0 Å². The maximum Gasteiger partial charge on any atom is 0.306 e. The van der Waals surface area contributed by atoms with E-state index in [4.69, 9.17) is 18.5 Å². The Kier molecular flexibility index (Phi) is 48.8. The molecule has 67 heavy (non-hydrogen) atoms. The van der Waals surface area contributed by atoms with Crippen LogP contribution in [0.15, 0.2) is 72.9 Å². The molecule has 0 saturated carbocycles. The van der Waals surface area contributed by atoms with Gasteiger partial charge in [-0.1, -0.05) is 234 Å². The van der Waals surface area contributed by atoms with Gasteiger partial charge < -0.3 is 27.9 Å². The topological polar surface area (TPSA) is 94.1 Å². The summed E-state index contributed by atoms with van der Waals surface area (Å²) in [5.74, 6) is -0.336. The number of hydrogen-bond donors (Lipinski definition) is 0. The molecule has 0 rings (SSSR count). The third-order valence-corrected chi connectivity index (χ3v) is 12.7. The summed E-state index contributed by atoms with van der Waals surface area (Å²) in [6.45, 7) is 5.30. The molecule has 0 aromatic rings. The van der Waals surface area contributed by atoms with E-state index in [9.17, 15) is 14.3 Å². The first-order valence-electron chi connectivity index (χ1n) is 27.7. The zero-order valence-electron chi connectivity index (χ0n) is 44.3.